The van der Waals surface area contributed by atoms with Crippen LogP contribution in [0.3, 0.4) is 0 Å². The van der Waals surface area contributed by atoms with Gasteiger partial charge in [-0.25, -0.2) is 14.5 Å². The number of hydrogen-bond acceptors (Lipinski definition) is 9. The molecule has 4 aromatic rings. The Kier molecular flexibility index (Phi) is 10.0. The minimum absolute atomic E-state index is 0.213. The number of pyridine rings is 1. The quantitative estimate of drug-likeness (QED) is 0.107. The van der Waals surface area contributed by atoms with Crippen molar-refractivity contribution in [2.24, 2.45) is 0 Å². The molecular weight excluding hydrogens is 568 g/mol. The van der Waals surface area contributed by atoms with Crippen molar-refractivity contribution in [3.63, 3.8) is 0 Å². The molecule has 1 heterocycles. The highest BCUT2D eigenvalue weighted by Crippen LogP contribution is 2.44. The van der Waals surface area contributed by atoms with E-state index in [9.17, 15) is 15.5 Å². The molecule has 2 atom stereocenters. The number of aromatic hydroxyl groups is 1. The van der Waals surface area contributed by atoms with Gasteiger partial charge >= 0.3 is 0 Å². The highest BCUT2D eigenvalue weighted by molar-refractivity contribution is 7.60. The highest BCUT2D eigenvalue weighted by atomic mass is 35.5. The van der Waals surface area contributed by atoms with E-state index in [1.165, 1.54) is 0 Å². The van der Waals surface area contributed by atoms with Gasteiger partial charge in [-0.05, 0) is 96.7 Å². The second-order valence-corrected chi connectivity index (χ2v) is 11.8. The summed E-state index contributed by atoms with van der Waals surface area (Å²) in [6, 6.07) is 18.1. The molecule has 0 saturated heterocycles. The maximum absolute atomic E-state index is 10.7. The molecule has 12 heteroatoms. The second kappa shape index (κ2) is 13.3. The second-order valence-electron chi connectivity index (χ2n) is 9.25. The van der Waals surface area contributed by atoms with Crippen molar-refractivity contribution in [1.82, 2.24) is 9.88 Å². The smallest absolute Gasteiger partial charge is 0.120 e. The molecule has 4 N–H and O–H groups in total. The molecule has 40 heavy (non-hydrogen) atoms. The van der Waals surface area contributed by atoms with Crippen molar-refractivity contribution >= 4 is 68.1 Å². The summed E-state index contributed by atoms with van der Waals surface area (Å²) in [4.78, 5) is 7.79. The zero-order valence-corrected chi connectivity index (χ0v) is 25.6. The average molecular weight is 602 g/mol. The number of nitrogens with one attached hydrogen (secondary N) is 1. The van der Waals surface area contributed by atoms with Crippen LogP contribution < -0.4 is 20.7 Å². The van der Waals surface area contributed by atoms with E-state index in [1.807, 2.05) is 50.0 Å². The first-order chi connectivity index (χ1) is 19.1. The van der Waals surface area contributed by atoms with Crippen LogP contribution in [0, 0.1) is 6.92 Å². The molecule has 0 aliphatic rings. The van der Waals surface area contributed by atoms with Crippen LogP contribution in [0.5, 0.6) is 5.75 Å². The van der Waals surface area contributed by atoms with E-state index in [4.69, 9.17) is 16.2 Å². The summed E-state index contributed by atoms with van der Waals surface area (Å²) in [6.45, 7) is 10.3. The summed E-state index contributed by atoms with van der Waals surface area (Å²) in [5, 5.41) is 34.3. The van der Waals surface area contributed by atoms with Crippen LogP contribution in [0.1, 0.15) is 25.1 Å². The fourth-order valence-electron chi connectivity index (χ4n) is 4.42. The van der Waals surface area contributed by atoms with Crippen LogP contribution in [0.2, 0.25) is 5.02 Å². The van der Waals surface area contributed by atoms with Gasteiger partial charge in [-0.1, -0.05) is 25.4 Å². The predicted molar refractivity (Wildman–Crippen MR) is 168 cm³/mol. The molecule has 0 aliphatic carbocycles. The van der Waals surface area contributed by atoms with E-state index < -0.39 is 8.15 Å². The van der Waals surface area contributed by atoms with Crippen molar-refractivity contribution in [2.45, 2.75) is 27.3 Å². The van der Waals surface area contributed by atoms with Crippen molar-refractivity contribution in [2.75, 3.05) is 35.1 Å². The lowest BCUT2D eigenvalue weighted by Gasteiger charge is -2.30. The van der Waals surface area contributed by atoms with Crippen molar-refractivity contribution in [3.8, 4) is 5.75 Å². The number of phenolic OH excluding ortho intramolecular Hbond substituents is 1. The largest absolute Gasteiger partial charge is 0.508 e. The van der Waals surface area contributed by atoms with E-state index in [-0.39, 0.29) is 5.75 Å². The Balaban J connectivity index is 1.85. The normalized spacial score (nSPS) is 12.1. The maximum Gasteiger partial charge on any atom is 0.120 e. The summed E-state index contributed by atoms with van der Waals surface area (Å²) in [5.41, 5.74) is 6.87. The molecule has 1 aromatic heterocycles. The van der Waals surface area contributed by atoms with Crippen LogP contribution >= 0.6 is 29.1 Å². The van der Waals surface area contributed by atoms with Gasteiger partial charge in [-0.15, -0.1) is 0 Å². The molecule has 0 amide bonds. The maximum atomic E-state index is 10.7. The summed E-state index contributed by atoms with van der Waals surface area (Å²) >= 11 is 6.30. The monoisotopic (exact) mass is 601 g/mol. The average Bonchev–Trinajstić information content (AvgIpc) is 2.94. The van der Waals surface area contributed by atoms with Crippen molar-refractivity contribution in [1.29, 1.82) is 0 Å². The zero-order chi connectivity index (χ0) is 29.0. The number of rotatable bonds is 11. The lowest BCUT2D eigenvalue weighted by atomic mass is 10.1. The summed E-state index contributed by atoms with van der Waals surface area (Å²) in [7, 11) is 0.811. The van der Waals surface area contributed by atoms with Crippen LogP contribution in [0.4, 0.5) is 22.7 Å². The lowest BCUT2D eigenvalue weighted by molar-refractivity contribution is 0.290. The van der Waals surface area contributed by atoms with Crippen LogP contribution in [0.25, 0.3) is 10.9 Å². The van der Waals surface area contributed by atoms with Gasteiger partial charge in [0, 0.05) is 33.5 Å². The number of halogens is 1. The number of hydrogen-bond donors (Lipinski definition) is 4. The van der Waals surface area contributed by atoms with E-state index in [2.05, 4.69) is 38.6 Å². The highest BCUT2D eigenvalue weighted by Gasteiger charge is 2.23. The fraction of sp³-hybridized carbons (Fsp3) is 0.250. The van der Waals surface area contributed by atoms with Gasteiger partial charge in [-0.2, -0.15) is 0 Å². The Bertz CT molecular complexity index is 1480. The molecule has 4 rings (SSSR count). The van der Waals surface area contributed by atoms with Gasteiger partial charge < -0.3 is 5.11 Å². The third-order valence-corrected chi connectivity index (χ3v) is 8.60. The van der Waals surface area contributed by atoms with Crippen LogP contribution in [0.15, 0.2) is 60.7 Å². The van der Waals surface area contributed by atoms with E-state index >= 15 is 0 Å². The summed E-state index contributed by atoms with van der Waals surface area (Å²) < 4.78 is 6.71. The van der Waals surface area contributed by atoms with Gasteiger partial charge in [0.15, 0.2) is 0 Å². The molecule has 2 unspecified atom stereocenters. The Morgan fingerprint density at radius 3 is 2.42 bits per heavy atom. The Morgan fingerprint density at radius 1 is 1.02 bits per heavy atom. The standard InChI is InChI=1S/C28H34ClN5O4P2/c1-5-32(6-2)17-19-14-21(8-11-27(19)35)33(26-13-18(3)30-24-15-20(29)7-10-23(24)26)38-40(4)28-12-9-22(34(37)39)16-25(28)31-36/h7-16,31,35-37H,5-6,17,39H2,1-4H3. The lowest BCUT2D eigenvalue weighted by Crippen LogP contribution is -2.23. The zero-order valence-electron chi connectivity index (χ0n) is 22.8. The van der Waals surface area contributed by atoms with Gasteiger partial charge in [0.2, 0.25) is 0 Å². The van der Waals surface area contributed by atoms with E-state index in [0.29, 0.717) is 22.9 Å². The molecular formula is C28H34ClN5O4P2. The first-order valence-corrected chi connectivity index (χ1v) is 15.4. The van der Waals surface area contributed by atoms with Crippen molar-refractivity contribution in [3.05, 3.63) is 76.9 Å². The Morgan fingerprint density at radius 2 is 1.75 bits per heavy atom. The number of phenols is 1. The molecule has 0 saturated carbocycles. The first-order valence-electron chi connectivity index (χ1n) is 12.8. The van der Waals surface area contributed by atoms with Gasteiger partial charge in [0.25, 0.3) is 0 Å². The van der Waals surface area contributed by atoms with Crippen molar-refractivity contribution < 1.29 is 20.1 Å². The predicted octanol–water partition coefficient (Wildman–Crippen LogP) is 6.95. The number of nitrogens with zero attached hydrogens (tertiary/aromatic N) is 4. The fourth-order valence-corrected chi connectivity index (χ4v) is 6.00. The molecule has 0 spiro atoms. The summed E-state index contributed by atoms with van der Waals surface area (Å²) in [6.07, 6.45) is 0. The number of fused-ring (bicyclic) bond motifs is 1. The topological polar surface area (TPSA) is 105 Å². The van der Waals surface area contributed by atoms with Crippen LogP contribution in [-0.2, 0) is 11.2 Å². The van der Waals surface area contributed by atoms with E-state index in [0.717, 1.165) is 56.8 Å². The number of aryl methyl sites for hydroxylation is 1. The van der Waals surface area contributed by atoms with Gasteiger partial charge in [0.1, 0.15) is 5.75 Å². The number of aromatic nitrogens is 1. The number of anilines is 4. The molecule has 212 valence electrons. The third-order valence-electron chi connectivity index (χ3n) is 6.59. The van der Waals surface area contributed by atoms with Crippen LogP contribution in [-0.4, -0.2) is 45.2 Å². The third kappa shape index (κ3) is 6.76. The summed E-state index contributed by atoms with van der Waals surface area (Å²) in [5.74, 6) is 0.213. The van der Waals surface area contributed by atoms with E-state index in [1.54, 1.807) is 29.3 Å². The molecule has 0 aliphatic heterocycles. The molecule has 0 fully saturated rings. The van der Waals surface area contributed by atoms with Gasteiger partial charge in [0.05, 0.1) is 36.4 Å². The Hall–Kier alpha value is -2.74. The minimum Gasteiger partial charge on any atom is -0.508 e. The Labute approximate surface area is 242 Å². The minimum atomic E-state index is -1.35. The SMILES string of the molecule is CCN(CC)Cc1cc(N(OP(C)c2ccc(N(O)P)cc2NO)c2cc(C)nc3cc(Cl)ccc23)ccc1O. The molecule has 3 aromatic carbocycles. The van der Waals surface area contributed by atoms with Gasteiger partial charge in [-0.3, -0.25) is 25.8 Å². The number of benzene rings is 3. The molecule has 9 nitrogen and oxygen atoms in total. The first kappa shape index (κ1) is 30.2. The molecule has 0 radical (unpaired) electrons. The molecule has 0 bridgehead atoms.